The van der Waals surface area contributed by atoms with Crippen LogP contribution in [0, 0.1) is 0 Å². The smallest absolute Gasteiger partial charge is 0.326 e. The molecule has 1 aliphatic heterocycles. The topological polar surface area (TPSA) is 69.6 Å². The van der Waals surface area contributed by atoms with Gasteiger partial charge < -0.3 is 15.3 Å². The lowest BCUT2D eigenvalue weighted by molar-refractivity contribution is -0.139. The molecule has 0 bridgehead atoms. The van der Waals surface area contributed by atoms with Gasteiger partial charge in [-0.1, -0.05) is 30.3 Å². The summed E-state index contributed by atoms with van der Waals surface area (Å²) in [4.78, 5) is 24.8. The molecule has 0 saturated carbocycles. The molecule has 106 valence electrons. The van der Waals surface area contributed by atoms with E-state index in [9.17, 15) is 9.59 Å². The Morgan fingerprint density at radius 1 is 1.40 bits per heavy atom. The zero-order valence-corrected chi connectivity index (χ0v) is 11.2. The molecule has 0 radical (unpaired) electrons. The predicted molar refractivity (Wildman–Crippen MR) is 75.3 cm³/mol. The molecule has 2 N–H and O–H groups in total. The maximum atomic E-state index is 12.1. The number of carbonyl (C=O) groups excluding carboxylic acids is 1. The summed E-state index contributed by atoms with van der Waals surface area (Å²) in [6, 6.07) is 6.72. The van der Waals surface area contributed by atoms with Gasteiger partial charge in [-0.25, -0.2) is 9.59 Å². The first kappa shape index (κ1) is 14.1. The molecule has 1 aromatic carbocycles. The number of carboxylic acid groups (broad SMARTS) is 1. The molecule has 1 atom stereocenters. The number of fused-ring (bicyclic) bond motifs is 1. The van der Waals surface area contributed by atoms with Crippen molar-refractivity contribution in [2.75, 3.05) is 6.54 Å². The minimum atomic E-state index is -1.05. The molecule has 1 unspecified atom stereocenters. The Labute approximate surface area is 117 Å². The number of benzene rings is 1. The third-order valence-corrected chi connectivity index (χ3v) is 3.42. The molecule has 0 aromatic heterocycles. The average Bonchev–Trinajstić information content (AvgIpc) is 2.46. The standard InChI is InChI=1S/C15H18N2O3/c1-2-5-13(14(18)19)16-15(20)17-9-8-11-6-3-4-7-12(11)10-17/h2-4,6-7,13H,1,5,8-10H2,(H,16,20)(H,18,19). The Hall–Kier alpha value is -2.30. The van der Waals surface area contributed by atoms with Crippen LogP contribution in [0.2, 0.25) is 0 Å². The highest BCUT2D eigenvalue weighted by atomic mass is 16.4. The van der Waals surface area contributed by atoms with Crippen molar-refractivity contribution in [3.63, 3.8) is 0 Å². The lowest BCUT2D eigenvalue weighted by Crippen LogP contribution is -2.49. The van der Waals surface area contributed by atoms with E-state index in [1.165, 1.54) is 11.6 Å². The maximum Gasteiger partial charge on any atom is 0.326 e. The molecule has 1 heterocycles. The van der Waals surface area contributed by atoms with Crippen LogP contribution in [-0.4, -0.2) is 34.6 Å². The second kappa shape index (κ2) is 6.23. The number of urea groups is 1. The number of aliphatic carboxylic acids is 1. The Bertz CT molecular complexity index is 528. The van der Waals surface area contributed by atoms with Crippen LogP contribution in [0.5, 0.6) is 0 Å². The van der Waals surface area contributed by atoms with Crippen molar-refractivity contribution in [1.29, 1.82) is 0 Å². The highest BCUT2D eigenvalue weighted by Gasteiger charge is 2.24. The van der Waals surface area contributed by atoms with Crippen LogP contribution in [0.25, 0.3) is 0 Å². The summed E-state index contributed by atoms with van der Waals surface area (Å²) in [5.74, 6) is -1.05. The van der Waals surface area contributed by atoms with Gasteiger partial charge >= 0.3 is 12.0 Å². The van der Waals surface area contributed by atoms with Crippen LogP contribution in [0.4, 0.5) is 4.79 Å². The molecule has 1 aromatic rings. The summed E-state index contributed by atoms with van der Waals surface area (Å²) in [7, 11) is 0. The van der Waals surface area contributed by atoms with Gasteiger partial charge in [-0.15, -0.1) is 6.58 Å². The highest BCUT2D eigenvalue weighted by molar-refractivity contribution is 5.82. The third-order valence-electron chi connectivity index (χ3n) is 3.42. The van der Waals surface area contributed by atoms with Crippen molar-refractivity contribution in [2.24, 2.45) is 0 Å². The molecule has 20 heavy (non-hydrogen) atoms. The monoisotopic (exact) mass is 274 g/mol. The Balaban J connectivity index is 2.01. The van der Waals surface area contributed by atoms with Crippen molar-refractivity contribution in [2.45, 2.75) is 25.4 Å². The fourth-order valence-electron chi connectivity index (χ4n) is 2.30. The third kappa shape index (κ3) is 3.17. The van der Waals surface area contributed by atoms with E-state index in [1.807, 2.05) is 18.2 Å². The lowest BCUT2D eigenvalue weighted by atomic mass is 10.0. The molecule has 2 rings (SSSR count). The molecule has 0 fully saturated rings. The van der Waals surface area contributed by atoms with Crippen molar-refractivity contribution in [3.8, 4) is 0 Å². The van der Waals surface area contributed by atoms with E-state index in [2.05, 4.69) is 18.0 Å². The summed E-state index contributed by atoms with van der Waals surface area (Å²) in [5, 5.41) is 11.6. The first-order chi connectivity index (χ1) is 9.61. The molecular formula is C15H18N2O3. The number of hydrogen-bond donors (Lipinski definition) is 2. The fraction of sp³-hybridized carbons (Fsp3) is 0.333. The first-order valence-electron chi connectivity index (χ1n) is 6.57. The summed E-state index contributed by atoms with van der Waals surface area (Å²) in [6.07, 6.45) is 2.50. The Morgan fingerprint density at radius 3 is 2.75 bits per heavy atom. The van der Waals surface area contributed by atoms with E-state index >= 15 is 0 Å². The number of rotatable bonds is 4. The van der Waals surface area contributed by atoms with E-state index in [4.69, 9.17) is 5.11 Å². The van der Waals surface area contributed by atoms with Gasteiger partial charge in [0.15, 0.2) is 0 Å². The largest absolute Gasteiger partial charge is 0.480 e. The van der Waals surface area contributed by atoms with E-state index < -0.39 is 12.0 Å². The Morgan fingerprint density at radius 2 is 2.10 bits per heavy atom. The van der Waals surface area contributed by atoms with Gasteiger partial charge in [0.25, 0.3) is 0 Å². The molecule has 5 heteroatoms. The minimum absolute atomic E-state index is 0.214. The van der Waals surface area contributed by atoms with Gasteiger partial charge in [-0.05, 0) is 24.0 Å². The van der Waals surface area contributed by atoms with Crippen molar-refractivity contribution < 1.29 is 14.7 Å². The van der Waals surface area contributed by atoms with Crippen molar-refractivity contribution in [3.05, 3.63) is 48.0 Å². The number of nitrogens with zero attached hydrogens (tertiary/aromatic N) is 1. The zero-order chi connectivity index (χ0) is 14.5. The fourth-order valence-corrected chi connectivity index (χ4v) is 2.30. The zero-order valence-electron chi connectivity index (χ0n) is 11.2. The number of hydrogen-bond acceptors (Lipinski definition) is 2. The van der Waals surface area contributed by atoms with Crippen molar-refractivity contribution in [1.82, 2.24) is 10.2 Å². The molecular weight excluding hydrogens is 256 g/mol. The number of nitrogens with one attached hydrogen (secondary N) is 1. The summed E-state index contributed by atoms with van der Waals surface area (Å²) < 4.78 is 0. The summed E-state index contributed by atoms with van der Waals surface area (Å²) >= 11 is 0. The van der Waals surface area contributed by atoms with Crippen LogP contribution in [-0.2, 0) is 17.8 Å². The van der Waals surface area contributed by atoms with Gasteiger partial charge in [0.2, 0.25) is 0 Å². The van der Waals surface area contributed by atoms with E-state index in [0.29, 0.717) is 13.1 Å². The second-order valence-corrected chi connectivity index (χ2v) is 4.80. The SMILES string of the molecule is C=CCC(NC(=O)N1CCc2ccccc2C1)C(=O)O. The van der Waals surface area contributed by atoms with Gasteiger partial charge in [0, 0.05) is 13.1 Å². The van der Waals surface area contributed by atoms with Gasteiger partial charge in [-0.3, -0.25) is 0 Å². The predicted octanol–water partition coefficient (Wildman–Crippen LogP) is 1.78. The van der Waals surface area contributed by atoms with Crippen LogP contribution in [0.1, 0.15) is 17.5 Å². The lowest BCUT2D eigenvalue weighted by Gasteiger charge is -2.29. The van der Waals surface area contributed by atoms with Crippen LogP contribution >= 0.6 is 0 Å². The van der Waals surface area contributed by atoms with Crippen LogP contribution in [0.15, 0.2) is 36.9 Å². The molecule has 0 saturated heterocycles. The average molecular weight is 274 g/mol. The summed E-state index contributed by atoms with van der Waals surface area (Å²) in [6.45, 7) is 4.62. The van der Waals surface area contributed by atoms with Gasteiger partial charge in [0.05, 0.1) is 0 Å². The highest BCUT2D eigenvalue weighted by Crippen LogP contribution is 2.18. The first-order valence-corrected chi connectivity index (χ1v) is 6.57. The number of carbonyl (C=O) groups is 2. The molecule has 1 aliphatic rings. The van der Waals surface area contributed by atoms with Crippen LogP contribution < -0.4 is 5.32 Å². The normalized spacial score (nSPS) is 15.1. The second-order valence-electron chi connectivity index (χ2n) is 4.80. The summed E-state index contributed by atoms with van der Waals surface area (Å²) in [5.41, 5.74) is 2.36. The van der Waals surface area contributed by atoms with E-state index in [1.54, 1.807) is 4.90 Å². The van der Waals surface area contributed by atoms with E-state index in [0.717, 1.165) is 12.0 Å². The molecule has 0 spiro atoms. The minimum Gasteiger partial charge on any atom is -0.480 e. The van der Waals surface area contributed by atoms with Crippen molar-refractivity contribution >= 4 is 12.0 Å². The molecule has 0 aliphatic carbocycles. The molecule has 2 amide bonds. The Kier molecular flexibility index (Phi) is 4.40. The quantitative estimate of drug-likeness (QED) is 0.822. The van der Waals surface area contributed by atoms with E-state index in [-0.39, 0.29) is 12.5 Å². The number of carboxylic acids is 1. The van der Waals surface area contributed by atoms with Gasteiger partial charge in [-0.2, -0.15) is 0 Å². The van der Waals surface area contributed by atoms with Crippen LogP contribution in [0.3, 0.4) is 0 Å². The molecule has 5 nitrogen and oxygen atoms in total. The van der Waals surface area contributed by atoms with Gasteiger partial charge in [0.1, 0.15) is 6.04 Å². The maximum absolute atomic E-state index is 12.1. The number of amides is 2.